The summed E-state index contributed by atoms with van der Waals surface area (Å²) in [6, 6.07) is 65.3. The maximum atomic E-state index is 14.8. The van der Waals surface area contributed by atoms with Gasteiger partial charge in [0.25, 0.3) is 27.8 Å². The number of aryl methyl sites for hydroxylation is 5. The molecule has 0 spiro atoms. The first-order valence-corrected chi connectivity index (χ1v) is 48.3. The van der Waals surface area contributed by atoms with Gasteiger partial charge in [-0.2, -0.15) is 0 Å². The van der Waals surface area contributed by atoms with Crippen LogP contribution in [-0.2, 0) is 0 Å². The lowest BCUT2D eigenvalue weighted by Gasteiger charge is -2.23. The number of nitrogens with zero attached hydrogens (tertiary/aromatic N) is 20. The van der Waals surface area contributed by atoms with Crippen molar-refractivity contribution in [3.8, 4) is 17.1 Å². The SMILES string of the molecule is CCC(Nc1ncnc2nc[nH]c12)c1cc2cccc(C)c2c(=O)n1-c1ccccc1.Cc1cccc2cc(C(C)Nc3ncnc4nc[nH]c34)n(-c3ccccc3)c(=O)c12.Cc1cccc2cc(C(C)Nc3ncnc4nc[nH]c34)n(-c3ccccc3F)c(=O)c12.Cc1cccc2cc(C(C)Nc3ncnc4nc[nH]c34)n(C3CC3)c(=O)c12.Cc1cccc2cc([C@H](C)Nc3ncnc4nc[nH]c34)n(C3CC3)c(=O)c12. The molecular weight excluding hydrogens is 1840 g/mol. The molecule has 10 N–H and O–H groups in total. The topological polar surface area (TPSA) is 442 Å². The maximum absolute atomic E-state index is 14.8. The molecule has 2 fully saturated rings. The number of pyridine rings is 5. The van der Waals surface area contributed by atoms with Crippen LogP contribution >= 0.6 is 0 Å². The van der Waals surface area contributed by atoms with Crippen molar-refractivity contribution < 1.29 is 4.39 Å². The van der Waals surface area contributed by atoms with Crippen molar-refractivity contribution in [2.45, 2.75) is 144 Å². The highest BCUT2D eigenvalue weighted by Gasteiger charge is 2.33. The highest BCUT2D eigenvalue weighted by molar-refractivity contribution is 5.92. The molecule has 23 aromatic rings. The molecule has 0 bridgehead atoms. The van der Waals surface area contributed by atoms with Crippen molar-refractivity contribution >= 4 is 139 Å². The fourth-order valence-corrected chi connectivity index (χ4v) is 19.4. The lowest BCUT2D eigenvalue weighted by molar-refractivity contribution is 0.611. The summed E-state index contributed by atoms with van der Waals surface area (Å²) >= 11 is 0. The molecule has 2 aliphatic carbocycles. The number of hydrogen-bond donors (Lipinski definition) is 10. The van der Waals surface area contributed by atoms with Crippen LogP contribution in [-0.4, -0.2) is 123 Å². The van der Waals surface area contributed by atoms with E-state index in [-0.39, 0.29) is 63.7 Å². The zero-order valence-electron chi connectivity index (χ0n) is 81.3. The smallest absolute Gasteiger partial charge is 0.263 e. The zero-order valence-corrected chi connectivity index (χ0v) is 81.3. The lowest BCUT2D eigenvalue weighted by Crippen LogP contribution is -2.27. The summed E-state index contributed by atoms with van der Waals surface area (Å²) in [5.74, 6) is 2.75. The normalized spacial score (nSPS) is 13.4. The molecular formula is C110H101FN30O5. The van der Waals surface area contributed by atoms with Gasteiger partial charge in [0.1, 0.15) is 65.0 Å². The first-order valence-electron chi connectivity index (χ1n) is 48.3. The van der Waals surface area contributed by atoms with E-state index in [1.54, 1.807) is 54.4 Å². The van der Waals surface area contributed by atoms with Crippen molar-refractivity contribution in [1.29, 1.82) is 0 Å². The molecule has 35 nitrogen and oxygen atoms in total. The van der Waals surface area contributed by atoms with Gasteiger partial charge >= 0.3 is 0 Å². The Bertz CT molecular complexity index is 9050. The summed E-state index contributed by atoms with van der Waals surface area (Å²) in [6.07, 6.45) is 20.3. The second kappa shape index (κ2) is 39.9. The average molecular weight is 1940 g/mol. The number of nitrogens with one attached hydrogen (secondary N) is 10. The van der Waals surface area contributed by atoms with Crippen molar-refractivity contribution in [3.63, 3.8) is 0 Å². The number of halogens is 1. The van der Waals surface area contributed by atoms with Gasteiger partial charge in [0.15, 0.2) is 57.3 Å². The minimum atomic E-state index is -0.469. The number of aromatic nitrogens is 25. The van der Waals surface area contributed by atoms with Crippen molar-refractivity contribution in [2.24, 2.45) is 0 Å². The number of H-pyrrole nitrogens is 5. The van der Waals surface area contributed by atoms with Crippen LogP contribution in [0.1, 0.15) is 165 Å². The molecule has 0 radical (unpaired) electrons. The fourth-order valence-electron chi connectivity index (χ4n) is 19.4. The highest BCUT2D eigenvalue weighted by Crippen LogP contribution is 2.41. The predicted octanol–water partition coefficient (Wildman–Crippen LogP) is 19.9. The Morgan fingerprint density at radius 2 is 0.568 bits per heavy atom. The van der Waals surface area contributed by atoms with Crippen LogP contribution in [0.3, 0.4) is 0 Å². The molecule has 5 atom stereocenters. The minimum Gasteiger partial charge on any atom is -0.360 e. The summed E-state index contributed by atoms with van der Waals surface area (Å²) in [4.78, 5) is 146. The van der Waals surface area contributed by atoms with E-state index in [4.69, 9.17) is 0 Å². The van der Waals surface area contributed by atoms with Gasteiger partial charge in [-0.1, -0.05) is 146 Å². The summed E-state index contributed by atoms with van der Waals surface area (Å²) in [5, 5.41) is 25.4. The van der Waals surface area contributed by atoms with Crippen LogP contribution in [0.5, 0.6) is 0 Å². The van der Waals surface area contributed by atoms with E-state index in [9.17, 15) is 28.4 Å². The second-order valence-corrected chi connectivity index (χ2v) is 36.6. The van der Waals surface area contributed by atoms with Crippen LogP contribution in [0.4, 0.5) is 33.5 Å². The first-order chi connectivity index (χ1) is 71.1. The van der Waals surface area contributed by atoms with E-state index in [1.807, 2.05) is 220 Å². The standard InChI is InChI=1S/C24H22N6O.C23H19FN6O.C23H20N6O.2C20H20N6O/c1-3-18(29-23-21-22(26-13-25-21)27-14-28-23)19-12-16-9-7-8-15(2)20(16)24(31)30(19)17-10-5-4-6-11-17;1-13-6-5-7-15-10-18(14(2)29-22-20-21(26-11-25-20)27-12-28-22)30(23(31)19(13)15)17-9-4-3-8-16(17)24;1-14-7-6-8-16-11-18(29(23(30)19(14)16)17-9-4-3-5-10-17)15(2)28-22-20-21(25-12-24-20)26-13-27-22;2*1-11-4-3-5-13-8-15(26(14-6-7-14)20(27)16(11)13)12(2)25-19-17-18(22-9-21-17)23-10-24-19/h4-14,18H,3H2,1-2H3,(H2,25,26,27,28,29);3-12,14H,1-2H3,(H2,25,26,27,28,29);3-13,15H,1-2H3,(H2,24,25,26,27,28);2*3-5,8-10,12,14H,6-7H2,1-2H3,(H2,21,22,23,24,25)/t;;;12-;/m...0./s1. The average Bonchev–Trinajstić information content (AvgIpc) is 1.37. The van der Waals surface area contributed by atoms with Gasteiger partial charge in [-0.15, -0.1) is 0 Å². The van der Waals surface area contributed by atoms with E-state index < -0.39 is 5.82 Å². The number of fused-ring (bicyclic) bond motifs is 10. The Morgan fingerprint density at radius 1 is 0.301 bits per heavy atom. The molecule has 0 saturated heterocycles. The Balaban J connectivity index is 0.000000107. The van der Waals surface area contributed by atoms with Gasteiger partial charge in [-0.05, 0) is 216 Å². The molecule has 728 valence electrons. The number of aromatic amines is 5. The molecule has 15 aromatic heterocycles. The molecule has 146 heavy (non-hydrogen) atoms. The molecule has 2 saturated carbocycles. The predicted molar refractivity (Wildman–Crippen MR) is 568 cm³/mol. The quantitative estimate of drug-likeness (QED) is 0.0319. The largest absolute Gasteiger partial charge is 0.360 e. The zero-order chi connectivity index (χ0) is 101. The maximum Gasteiger partial charge on any atom is 0.263 e. The first kappa shape index (κ1) is 93.8. The Labute approximate surface area is 831 Å². The molecule has 4 unspecified atom stereocenters. The minimum absolute atomic E-state index is 0.0218. The van der Waals surface area contributed by atoms with Crippen LogP contribution < -0.4 is 54.4 Å². The Morgan fingerprint density at radius 3 is 0.884 bits per heavy atom. The van der Waals surface area contributed by atoms with E-state index in [1.165, 1.54) is 42.3 Å². The third-order valence-electron chi connectivity index (χ3n) is 26.8. The van der Waals surface area contributed by atoms with Gasteiger partial charge in [0.2, 0.25) is 0 Å². The number of anilines is 5. The van der Waals surface area contributed by atoms with Gasteiger partial charge in [0.05, 0.1) is 94.5 Å². The Hall–Kier alpha value is -18.5. The Kier molecular flexibility index (Phi) is 25.6. The number of hydrogen-bond acceptors (Lipinski definition) is 25. The van der Waals surface area contributed by atoms with Gasteiger partial charge in [-0.3, -0.25) is 37.7 Å². The third kappa shape index (κ3) is 18.2. The van der Waals surface area contributed by atoms with Crippen molar-refractivity contribution in [1.82, 2.24) is 123 Å². The third-order valence-corrected chi connectivity index (χ3v) is 26.8. The number of rotatable bonds is 21. The lowest BCUT2D eigenvalue weighted by atomic mass is 10.0. The molecule has 0 aliphatic heterocycles. The van der Waals surface area contributed by atoms with E-state index in [2.05, 4.69) is 171 Å². The molecule has 0 amide bonds. The van der Waals surface area contributed by atoms with Crippen LogP contribution in [0.15, 0.2) is 294 Å². The highest BCUT2D eigenvalue weighted by atomic mass is 19.1. The van der Waals surface area contributed by atoms with Crippen molar-refractivity contribution in [3.05, 3.63) is 383 Å². The second-order valence-electron chi connectivity index (χ2n) is 36.6. The number of imidazole rings is 5. The monoisotopic (exact) mass is 1940 g/mol. The van der Waals surface area contributed by atoms with E-state index in [0.29, 0.717) is 86.0 Å². The molecule has 2 aliphatic rings. The van der Waals surface area contributed by atoms with Gasteiger partial charge < -0.3 is 60.6 Å². The summed E-state index contributed by atoms with van der Waals surface area (Å²) in [5.41, 5.74) is 17.5. The molecule has 15 heterocycles. The molecule has 36 heteroatoms. The van der Waals surface area contributed by atoms with Gasteiger partial charge in [-0.25, -0.2) is 79.2 Å². The van der Waals surface area contributed by atoms with Crippen molar-refractivity contribution in [2.75, 3.05) is 26.6 Å². The van der Waals surface area contributed by atoms with Crippen LogP contribution in [0.2, 0.25) is 0 Å². The summed E-state index contributed by atoms with van der Waals surface area (Å²) < 4.78 is 23.7. The van der Waals surface area contributed by atoms with E-state index in [0.717, 1.165) is 165 Å². The van der Waals surface area contributed by atoms with E-state index >= 15 is 0 Å². The molecule has 25 rings (SSSR count). The fraction of sp³-hybridized carbons (Fsp3) is 0.200. The summed E-state index contributed by atoms with van der Waals surface area (Å²) in [6.45, 7) is 19.9. The number of para-hydroxylation sites is 3. The van der Waals surface area contributed by atoms with Crippen LogP contribution in [0.25, 0.3) is 127 Å². The van der Waals surface area contributed by atoms with Gasteiger partial charge in [0, 0.05) is 51.9 Å². The summed E-state index contributed by atoms with van der Waals surface area (Å²) in [7, 11) is 0. The van der Waals surface area contributed by atoms with Crippen LogP contribution in [0, 0.1) is 40.4 Å². The molecule has 8 aromatic carbocycles. The number of benzene rings is 8.